The third-order valence-electron chi connectivity index (χ3n) is 7.45. The van der Waals surface area contributed by atoms with E-state index >= 15 is 0 Å². The maximum atomic E-state index is 12.0. The predicted molar refractivity (Wildman–Crippen MR) is 170 cm³/mol. The lowest BCUT2D eigenvalue weighted by molar-refractivity contribution is -0.141. The van der Waals surface area contributed by atoms with Crippen LogP contribution < -0.4 is 9.47 Å². The van der Waals surface area contributed by atoms with Gasteiger partial charge in [-0.3, -0.25) is 9.59 Å². The van der Waals surface area contributed by atoms with E-state index in [1.165, 1.54) is 12.2 Å². The van der Waals surface area contributed by atoms with Crippen LogP contribution in [0.2, 0.25) is 0 Å². The number of ketones is 2. The van der Waals surface area contributed by atoms with Crippen LogP contribution in [-0.4, -0.2) is 47.2 Å². The minimum atomic E-state index is -0.953. The van der Waals surface area contributed by atoms with Gasteiger partial charge in [-0.2, -0.15) is 0 Å². The topological polar surface area (TPSA) is 71.1 Å². The number of benzene rings is 2. The minimum absolute atomic E-state index is 0.141. The summed E-state index contributed by atoms with van der Waals surface area (Å²) in [5.74, 6) is 1.19. The minimum Gasteiger partial charge on any atom is -0.488 e. The zero-order valence-electron chi connectivity index (χ0n) is 27.3. The molecule has 6 nitrogen and oxygen atoms in total. The summed E-state index contributed by atoms with van der Waals surface area (Å²) < 4.78 is 24.1. The maximum Gasteiger partial charge on any atom is 0.186 e. The van der Waals surface area contributed by atoms with Crippen LogP contribution in [0.5, 0.6) is 11.5 Å². The third kappa shape index (κ3) is 9.67. The number of carbonyl (C=O) groups is 2. The zero-order chi connectivity index (χ0) is 32.0. The summed E-state index contributed by atoms with van der Waals surface area (Å²) in [5.41, 5.74) is -0.922. The molecule has 0 saturated carbocycles. The maximum absolute atomic E-state index is 12.0. The largest absolute Gasteiger partial charge is 0.488 e. The van der Waals surface area contributed by atoms with Gasteiger partial charge in [0.2, 0.25) is 0 Å². The Labute approximate surface area is 253 Å². The molecular formula is C36H50O6. The normalized spacial score (nSPS) is 12.9. The summed E-state index contributed by atoms with van der Waals surface area (Å²) in [6.45, 7) is 26.9. The fraction of sp³-hybridized carbons (Fsp3) is 0.500. The molecule has 2 aromatic rings. The molecule has 2 aromatic carbocycles. The third-order valence-corrected chi connectivity index (χ3v) is 7.45. The molecule has 6 heteroatoms. The summed E-state index contributed by atoms with van der Waals surface area (Å²) in [7, 11) is 0. The van der Waals surface area contributed by atoms with Gasteiger partial charge < -0.3 is 18.9 Å². The van der Waals surface area contributed by atoms with Crippen LogP contribution in [-0.2, 0) is 24.5 Å². The molecule has 2 rings (SSSR count). The van der Waals surface area contributed by atoms with Gasteiger partial charge in [0.1, 0.15) is 33.9 Å². The van der Waals surface area contributed by atoms with Crippen molar-refractivity contribution in [3.8, 4) is 11.5 Å². The van der Waals surface area contributed by atoms with Crippen molar-refractivity contribution >= 4 is 11.6 Å². The summed E-state index contributed by atoms with van der Waals surface area (Å²) in [6.07, 6.45) is 3.20. The second kappa shape index (κ2) is 13.4. The van der Waals surface area contributed by atoms with Crippen molar-refractivity contribution in [1.82, 2.24) is 0 Å². The summed E-state index contributed by atoms with van der Waals surface area (Å²) in [5, 5.41) is 0. The van der Waals surface area contributed by atoms with Gasteiger partial charge in [-0.05, 0) is 103 Å². The Balaban J connectivity index is 2.02. The van der Waals surface area contributed by atoms with E-state index in [1.54, 1.807) is 27.7 Å². The quantitative estimate of drug-likeness (QED) is 0.178. The van der Waals surface area contributed by atoms with Crippen LogP contribution in [0.25, 0.3) is 0 Å². The molecule has 0 saturated heterocycles. The summed E-state index contributed by atoms with van der Waals surface area (Å²) in [4.78, 5) is 24.0. The SMILES string of the molecule is C=CC(=O)C(C)(C)OCCC(C)(C)Oc1ccc(C(C)(C)c2ccc(OC(C)(C)COC(C)(C)C(=O)C=C)cc2)cc1. The van der Waals surface area contributed by atoms with E-state index in [0.717, 1.165) is 22.6 Å². The fourth-order valence-electron chi connectivity index (χ4n) is 4.30. The second-order valence-electron chi connectivity index (χ2n) is 13.4. The Morgan fingerprint density at radius 1 is 0.619 bits per heavy atom. The molecule has 0 unspecified atom stereocenters. The molecule has 0 aliphatic carbocycles. The Kier molecular flexibility index (Phi) is 11.2. The highest BCUT2D eigenvalue weighted by Gasteiger charge is 2.31. The highest BCUT2D eigenvalue weighted by molar-refractivity contribution is 5.96. The molecule has 0 N–H and O–H groups in total. The van der Waals surface area contributed by atoms with Gasteiger partial charge in [0, 0.05) is 11.8 Å². The zero-order valence-corrected chi connectivity index (χ0v) is 27.3. The summed E-state index contributed by atoms with van der Waals surface area (Å²) >= 11 is 0. The van der Waals surface area contributed by atoms with Crippen LogP contribution in [0.15, 0.2) is 73.8 Å². The lowest BCUT2D eigenvalue weighted by Crippen LogP contribution is -2.42. The Morgan fingerprint density at radius 3 is 1.40 bits per heavy atom. The lowest BCUT2D eigenvalue weighted by atomic mass is 9.78. The van der Waals surface area contributed by atoms with Crippen LogP contribution in [0, 0.1) is 0 Å². The van der Waals surface area contributed by atoms with Gasteiger partial charge in [-0.25, -0.2) is 0 Å². The molecule has 0 atom stereocenters. The molecule has 0 fully saturated rings. The molecule has 0 aliphatic heterocycles. The molecule has 0 aliphatic rings. The van der Waals surface area contributed by atoms with Crippen molar-refractivity contribution in [1.29, 1.82) is 0 Å². The fourth-order valence-corrected chi connectivity index (χ4v) is 4.30. The van der Waals surface area contributed by atoms with Crippen molar-refractivity contribution in [2.24, 2.45) is 0 Å². The van der Waals surface area contributed by atoms with E-state index in [-0.39, 0.29) is 23.6 Å². The predicted octanol–water partition coefficient (Wildman–Crippen LogP) is 7.82. The molecule has 0 radical (unpaired) electrons. The average molecular weight is 579 g/mol. The molecular weight excluding hydrogens is 528 g/mol. The van der Waals surface area contributed by atoms with Crippen molar-refractivity contribution in [2.75, 3.05) is 13.2 Å². The Hall–Kier alpha value is -3.22. The molecule has 42 heavy (non-hydrogen) atoms. The van der Waals surface area contributed by atoms with E-state index in [4.69, 9.17) is 18.9 Å². The van der Waals surface area contributed by atoms with E-state index in [2.05, 4.69) is 51.3 Å². The van der Waals surface area contributed by atoms with Gasteiger partial charge in [0.05, 0.1) is 13.2 Å². The van der Waals surface area contributed by atoms with Gasteiger partial charge >= 0.3 is 0 Å². The van der Waals surface area contributed by atoms with Crippen LogP contribution >= 0.6 is 0 Å². The lowest BCUT2D eigenvalue weighted by Gasteiger charge is -2.32. The van der Waals surface area contributed by atoms with Gasteiger partial charge in [-0.1, -0.05) is 51.3 Å². The molecule has 0 spiro atoms. The van der Waals surface area contributed by atoms with Crippen molar-refractivity contribution < 1.29 is 28.5 Å². The first-order valence-corrected chi connectivity index (χ1v) is 14.5. The number of carbonyl (C=O) groups excluding carboxylic acids is 2. The number of hydrogen-bond acceptors (Lipinski definition) is 6. The number of hydrogen-bond donors (Lipinski definition) is 0. The highest BCUT2D eigenvalue weighted by Crippen LogP contribution is 2.34. The molecule has 0 heterocycles. The molecule has 0 bridgehead atoms. The number of rotatable bonds is 17. The van der Waals surface area contributed by atoms with Crippen LogP contribution in [0.1, 0.15) is 86.8 Å². The monoisotopic (exact) mass is 578 g/mol. The van der Waals surface area contributed by atoms with Crippen molar-refractivity contribution in [3.63, 3.8) is 0 Å². The average Bonchev–Trinajstić information content (AvgIpc) is 2.91. The second-order valence-corrected chi connectivity index (χ2v) is 13.4. The standard InChI is InChI=1S/C36H50O6/c1-13-30(37)35(9,10)39-24-23-32(3,4)41-28-19-15-26(16-20-28)34(7,8)27-17-21-29(22-18-27)42-33(5,6)25-40-36(11,12)31(38)14-2/h13-22H,1-2,23-25H2,3-12H3. The van der Waals surface area contributed by atoms with Gasteiger partial charge in [0.15, 0.2) is 11.6 Å². The van der Waals surface area contributed by atoms with E-state index in [9.17, 15) is 9.59 Å². The molecule has 0 amide bonds. The van der Waals surface area contributed by atoms with E-state index in [0.29, 0.717) is 13.0 Å². The molecule has 230 valence electrons. The van der Waals surface area contributed by atoms with Crippen molar-refractivity contribution in [2.45, 2.75) is 103 Å². The van der Waals surface area contributed by atoms with E-state index < -0.39 is 22.4 Å². The van der Waals surface area contributed by atoms with Crippen molar-refractivity contribution in [3.05, 3.63) is 85.0 Å². The smallest absolute Gasteiger partial charge is 0.186 e. The highest BCUT2D eigenvalue weighted by atomic mass is 16.6. The Bertz CT molecular complexity index is 1230. The van der Waals surface area contributed by atoms with Gasteiger partial charge in [0.25, 0.3) is 0 Å². The van der Waals surface area contributed by atoms with Crippen LogP contribution in [0.4, 0.5) is 0 Å². The Morgan fingerprint density at radius 2 is 1.00 bits per heavy atom. The first-order valence-electron chi connectivity index (χ1n) is 14.5. The van der Waals surface area contributed by atoms with Gasteiger partial charge in [-0.15, -0.1) is 0 Å². The van der Waals surface area contributed by atoms with E-state index in [1.807, 2.05) is 52.0 Å². The summed E-state index contributed by atoms with van der Waals surface area (Å²) in [6, 6.07) is 16.2. The number of ether oxygens (including phenoxy) is 4. The van der Waals surface area contributed by atoms with Crippen LogP contribution in [0.3, 0.4) is 0 Å². The first kappa shape index (κ1) is 35.0. The first-order chi connectivity index (χ1) is 19.2. The molecule has 0 aromatic heterocycles.